The molecule has 0 radical (unpaired) electrons. The van der Waals surface area contributed by atoms with Crippen LogP contribution in [0.1, 0.15) is 16.2 Å². The van der Waals surface area contributed by atoms with Crippen molar-refractivity contribution >= 4 is 51.6 Å². The quantitative estimate of drug-likeness (QED) is 0.410. The summed E-state index contributed by atoms with van der Waals surface area (Å²) < 4.78 is 7.58. The van der Waals surface area contributed by atoms with E-state index in [0.717, 1.165) is 16.5 Å². The first-order valence-electron chi connectivity index (χ1n) is 9.56. The zero-order chi connectivity index (χ0) is 21.4. The van der Waals surface area contributed by atoms with E-state index in [4.69, 9.17) is 27.9 Å². The van der Waals surface area contributed by atoms with Crippen molar-refractivity contribution in [3.8, 4) is 5.75 Å². The number of nitrogens with zero attached hydrogens (tertiary/aromatic N) is 4. The van der Waals surface area contributed by atoms with Crippen molar-refractivity contribution in [3.05, 3.63) is 82.1 Å². The average molecular weight is 471 g/mol. The summed E-state index contributed by atoms with van der Waals surface area (Å²) in [4.78, 5) is 13.6. The van der Waals surface area contributed by atoms with Gasteiger partial charge in [0.25, 0.3) is 5.91 Å². The Morgan fingerprint density at radius 1 is 1.06 bits per heavy atom. The number of amides is 1. The second-order valence-corrected chi connectivity index (χ2v) is 8.78. The highest BCUT2D eigenvalue weighted by molar-refractivity contribution is 7.99. The number of ether oxygens (including phenoxy) is 1. The number of benzene rings is 3. The maximum atomic E-state index is 13.6. The van der Waals surface area contributed by atoms with Crippen molar-refractivity contribution in [2.45, 2.75) is 11.8 Å². The van der Waals surface area contributed by atoms with Crippen LogP contribution in [0.5, 0.6) is 5.75 Å². The van der Waals surface area contributed by atoms with Crippen LogP contribution in [0.15, 0.2) is 65.8 Å². The summed E-state index contributed by atoms with van der Waals surface area (Å²) >= 11 is 13.8. The number of aromatic nitrogens is 3. The van der Waals surface area contributed by atoms with E-state index >= 15 is 0 Å². The highest BCUT2D eigenvalue weighted by Gasteiger charge is 2.29. The van der Waals surface area contributed by atoms with Gasteiger partial charge in [-0.1, -0.05) is 71.4 Å². The van der Waals surface area contributed by atoms with Crippen molar-refractivity contribution < 1.29 is 9.53 Å². The monoisotopic (exact) mass is 470 g/mol. The van der Waals surface area contributed by atoms with Crippen molar-refractivity contribution in [2.24, 2.45) is 0 Å². The molecule has 0 atom stereocenters. The van der Waals surface area contributed by atoms with Gasteiger partial charge in [-0.05, 0) is 29.0 Å². The number of fused-ring (bicyclic) bond motifs is 2. The summed E-state index contributed by atoms with van der Waals surface area (Å²) in [6, 6.07) is 18.6. The highest BCUT2D eigenvalue weighted by atomic mass is 35.5. The molecule has 0 saturated heterocycles. The summed E-state index contributed by atoms with van der Waals surface area (Å²) in [6.45, 7) is 0.621. The third kappa shape index (κ3) is 3.84. The first-order chi connectivity index (χ1) is 15.1. The first kappa shape index (κ1) is 20.2. The Labute approximate surface area is 192 Å². The molecule has 3 aromatic carbocycles. The summed E-state index contributed by atoms with van der Waals surface area (Å²) in [5.74, 6) is 1.57. The predicted molar refractivity (Wildman–Crippen MR) is 123 cm³/mol. The summed E-state index contributed by atoms with van der Waals surface area (Å²) in [5.41, 5.74) is 0.634. The fourth-order valence-corrected chi connectivity index (χ4v) is 4.72. The maximum Gasteiger partial charge on any atom is 0.273 e. The molecule has 1 aliphatic rings. The van der Waals surface area contributed by atoms with Gasteiger partial charge in [0.15, 0.2) is 5.82 Å². The van der Waals surface area contributed by atoms with Crippen molar-refractivity contribution in [3.63, 3.8) is 0 Å². The van der Waals surface area contributed by atoms with Crippen LogP contribution < -0.4 is 9.75 Å². The van der Waals surface area contributed by atoms with Gasteiger partial charge in [0.1, 0.15) is 12.4 Å². The molecule has 9 heteroatoms. The minimum Gasteiger partial charge on any atom is -0.484 e. The highest BCUT2D eigenvalue weighted by Crippen LogP contribution is 2.30. The van der Waals surface area contributed by atoms with E-state index in [2.05, 4.69) is 10.2 Å². The van der Waals surface area contributed by atoms with Crippen molar-refractivity contribution in [1.29, 1.82) is 0 Å². The number of carbonyl (C=O) groups excluding carboxylic acids is 1. The van der Waals surface area contributed by atoms with Gasteiger partial charge in [-0.3, -0.25) is 4.79 Å². The molecule has 4 aromatic rings. The van der Waals surface area contributed by atoms with E-state index in [-0.39, 0.29) is 12.5 Å². The molecule has 1 amide bonds. The molecule has 1 aliphatic heterocycles. The van der Waals surface area contributed by atoms with E-state index in [1.54, 1.807) is 39.6 Å². The molecule has 0 spiro atoms. The molecule has 0 aliphatic carbocycles. The van der Waals surface area contributed by atoms with E-state index in [0.29, 0.717) is 38.9 Å². The summed E-state index contributed by atoms with van der Waals surface area (Å²) in [5, 5.41) is 13.7. The van der Waals surface area contributed by atoms with Crippen LogP contribution in [-0.2, 0) is 6.61 Å². The first-order valence-corrected chi connectivity index (χ1v) is 11.3. The van der Waals surface area contributed by atoms with Gasteiger partial charge in [-0.15, -0.1) is 10.2 Å². The number of halogens is 2. The molecule has 0 bridgehead atoms. The Morgan fingerprint density at radius 2 is 1.90 bits per heavy atom. The van der Waals surface area contributed by atoms with Gasteiger partial charge in [0.2, 0.25) is 5.16 Å². The summed E-state index contributed by atoms with van der Waals surface area (Å²) in [6.07, 6.45) is 0. The molecule has 2 heterocycles. The molecule has 0 unspecified atom stereocenters. The van der Waals surface area contributed by atoms with Gasteiger partial charge in [0, 0.05) is 22.4 Å². The third-order valence-electron chi connectivity index (χ3n) is 4.96. The zero-order valence-corrected chi connectivity index (χ0v) is 18.5. The van der Waals surface area contributed by atoms with Crippen molar-refractivity contribution in [2.75, 3.05) is 17.3 Å². The van der Waals surface area contributed by atoms with E-state index in [9.17, 15) is 4.79 Å². The number of hydrogen-bond donors (Lipinski definition) is 0. The largest absolute Gasteiger partial charge is 0.484 e. The fraction of sp³-hybridized carbons (Fsp3) is 0.136. The number of carbonyl (C=O) groups is 1. The van der Waals surface area contributed by atoms with Crippen LogP contribution in [0.2, 0.25) is 10.0 Å². The third-order valence-corrected chi connectivity index (χ3v) is 6.40. The normalized spacial score (nSPS) is 13.3. The van der Waals surface area contributed by atoms with Gasteiger partial charge < -0.3 is 4.74 Å². The topological polar surface area (TPSA) is 60.3 Å². The molecular formula is C22H16Cl2N4O2S. The van der Waals surface area contributed by atoms with Crippen LogP contribution in [0.3, 0.4) is 0 Å². The molecule has 1 aromatic heterocycles. The lowest BCUT2D eigenvalue weighted by Gasteiger charge is -2.29. The van der Waals surface area contributed by atoms with Crippen molar-refractivity contribution in [1.82, 2.24) is 14.9 Å². The number of rotatable bonds is 4. The Bertz CT molecular complexity index is 1290. The van der Waals surface area contributed by atoms with E-state index in [1.807, 2.05) is 42.5 Å². The smallest absolute Gasteiger partial charge is 0.273 e. The molecule has 6 nitrogen and oxygen atoms in total. The lowest BCUT2D eigenvalue weighted by molar-refractivity contribution is 0.0954. The standard InChI is InChI=1S/C22H16Cl2N4O2S/c23-15-8-9-18(24)19(12-15)30-13-20-25-26-22-28(20)27(10-11-31-22)21(29)17-7-3-5-14-4-1-2-6-16(14)17/h1-9,12H,10-11,13H2. The van der Waals surface area contributed by atoms with Gasteiger partial charge >= 0.3 is 0 Å². The van der Waals surface area contributed by atoms with E-state index < -0.39 is 0 Å². The second-order valence-electron chi connectivity index (χ2n) is 6.88. The number of thioether (sulfide) groups is 1. The van der Waals surface area contributed by atoms with E-state index in [1.165, 1.54) is 0 Å². The van der Waals surface area contributed by atoms with Gasteiger partial charge in [-0.2, -0.15) is 0 Å². The van der Waals surface area contributed by atoms with Crippen LogP contribution >= 0.6 is 35.0 Å². The Kier molecular flexibility index (Phi) is 5.48. The molecule has 0 fully saturated rings. The predicted octanol–water partition coefficient (Wildman–Crippen LogP) is 5.20. The lowest BCUT2D eigenvalue weighted by atomic mass is 10.0. The Balaban J connectivity index is 1.48. The maximum absolute atomic E-state index is 13.6. The molecule has 0 N–H and O–H groups in total. The molecule has 0 saturated carbocycles. The summed E-state index contributed by atoms with van der Waals surface area (Å²) in [7, 11) is 0. The average Bonchev–Trinajstić information content (AvgIpc) is 3.22. The lowest BCUT2D eigenvalue weighted by Crippen LogP contribution is -2.45. The minimum atomic E-state index is -0.111. The van der Waals surface area contributed by atoms with Gasteiger partial charge in [-0.25, -0.2) is 9.69 Å². The molecule has 156 valence electrons. The molecule has 5 rings (SSSR count). The zero-order valence-electron chi connectivity index (χ0n) is 16.2. The Morgan fingerprint density at radius 3 is 2.81 bits per heavy atom. The number of hydrogen-bond acceptors (Lipinski definition) is 5. The van der Waals surface area contributed by atoms with Crippen LogP contribution in [0.4, 0.5) is 0 Å². The molecular weight excluding hydrogens is 455 g/mol. The fourth-order valence-electron chi connectivity index (χ4n) is 3.52. The minimum absolute atomic E-state index is 0.0902. The Hall–Kier alpha value is -2.74. The SMILES string of the molecule is O=C(c1cccc2ccccc12)N1CCSc2nnc(COc3cc(Cl)ccc3Cl)n21. The molecule has 31 heavy (non-hydrogen) atoms. The van der Waals surface area contributed by atoms with Crippen LogP contribution in [-0.4, -0.2) is 33.1 Å². The van der Waals surface area contributed by atoms with Crippen LogP contribution in [0, 0.1) is 0 Å². The second kappa shape index (κ2) is 8.42. The van der Waals surface area contributed by atoms with Gasteiger partial charge in [0.05, 0.1) is 11.6 Å². The van der Waals surface area contributed by atoms with Crippen LogP contribution in [0.25, 0.3) is 10.8 Å².